The van der Waals surface area contributed by atoms with Gasteiger partial charge in [-0.25, -0.2) is 4.39 Å². The second-order valence-corrected chi connectivity index (χ2v) is 4.50. The molecular formula is C12H16BrFN2O. The first-order valence-corrected chi connectivity index (χ1v) is 6.38. The topological polar surface area (TPSA) is 41.1 Å². The molecule has 0 atom stereocenters. The molecule has 94 valence electrons. The maximum Gasteiger partial charge on any atom is 0.254 e. The van der Waals surface area contributed by atoms with Gasteiger partial charge in [-0.15, -0.1) is 0 Å². The lowest BCUT2D eigenvalue weighted by atomic mass is 10.2. The Balaban J connectivity index is 2.44. The number of carbonyl (C=O) groups is 1. The number of halogens is 2. The zero-order chi connectivity index (χ0) is 12.7. The zero-order valence-electron chi connectivity index (χ0n) is 9.72. The van der Waals surface area contributed by atoms with Gasteiger partial charge in [0.05, 0.1) is 5.56 Å². The molecule has 5 heteroatoms. The first-order valence-electron chi connectivity index (χ1n) is 5.59. The van der Waals surface area contributed by atoms with Crippen molar-refractivity contribution in [3.05, 3.63) is 34.1 Å². The van der Waals surface area contributed by atoms with Gasteiger partial charge in [0, 0.05) is 11.0 Å². The van der Waals surface area contributed by atoms with Crippen molar-refractivity contribution in [2.75, 3.05) is 19.6 Å². The van der Waals surface area contributed by atoms with Gasteiger partial charge >= 0.3 is 0 Å². The molecule has 0 aliphatic carbocycles. The molecule has 0 aliphatic heterocycles. The van der Waals surface area contributed by atoms with Crippen molar-refractivity contribution in [2.24, 2.45) is 0 Å². The van der Waals surface area contributed by atoms with Crippen molar-refractivity contribution in [1.82, 2.24) is 10.6 Å². The summed E-state index contributed by atoms with van der Waals surface area (Å²) in [5, 5.41) is 5.84. The SMILES string of the molecule is CCNCCCNC(=O)c1cc(Br)ccc1F. The highest BCUT2D eigenvalue weighted by molar-refractivity contribution is 9.10. The lowest BCUT2D eigenvalue weighted by Crippen LogP contribution is -2.28. The first kappa shape index (κ1) is 14.1. The van der Waals surface area contributed by atoms with Crippen LogP contribution in [0.25, 0.3) is 0 Å². The summed E-state index contributed by atoms with van der Waals surface area (Å²) in [6, 6.07) is 4.32. The predicted octanol–water partition coefficient (Wildman–Crippen LogP) is 2.32. The Bertz CT molecular complexity index is 385. The standard InChI is InChI=1S/C12H16BrFN2O/c1-2-15-6-3-7-16-12(17)10-8-9(13)4-5-11(10)14/h4-5,8,15H,2-3,6-7H2,1H3,(H,16,17). The maximum atomic E-state index is 13.4. The molecule has 0 aromatic heterocycles. The van der Waals surface area contributed by atoms with E-state index < -0.39 is 5.82 Å². The third-order valence-electron chi connectivity index (χ3n) is 2.24. The Morgan fingerprint density at radius 3 is 2.88 bits per heavy atom. The van der Waals surface area contributed by atoms with Crippen LogP contribution in [0.1, 0.15) is 23.7 Å². The van der Waals surface area contributed by atoms with Crippen LogP contribution in [0, 0.1) is 5.82 Å². The van der Waals surface area contributed by atoms with Crippen molar-refractivity contribution in [1.29, 1.82) is 0 Å². The smallest absolute Gasteiger partial charge is 0.254 e. The van der Waals surface area contributed by atoms with Crippen LogP contribution in [0.15, 0.2) is 22.7 Å². The fourth-order valence-electron chi connectivity index (χ4n) is 1.36. The Morgan fingerprint density at radius 1 is 1.41 bits per heavy atom. The van der Waals surface area contributed by atoms with Crippen LogP contribution in [0.2, 0.25) is 0 Å². The number of hydrogen-bond acceptors (Lipinski definition) is 2. The maximum absolute atomic E-state index is 13.4. The van der Waals surface area contributed by atoms with E-state index in [1.807, 2.05) is 6.92 Å². The fraction of sp³-hybridized carbons (Fsp3) is 0.417. The molecule has 1 aromatic carbocycles. The molecule has 17 heavy (non-hydrogen) atoms. The minimum Gasteiger partial charge on any atom is -0.352 e. The van der Waals surface area contributed by atoms with E-state index in [-0.39, 0.29) is 11.5 Å². The van der Waals surface area contributed by atoms with Gasteiger partial charge in [-0.2, -0.15) is 0 Å². The van der Waals surface area contributed by atoms with Gasteiger partial charge in [0.15, 0.2) is 0 Å². The van der Waals surface area contributed by atoms with Gasteiger partial charge < -0.3 is 10.6 Å². The van der Waals surface area contributed by atoms with Gasteiger partial charge in [-0.1, -0.05) is 22.9 Å². The molecule has 0 heterocycles. The number of nitrogens with one attached hydrogen (secondary N) is 2. The van der Waals surface area contributed by atoms with Crippen LogP contribution in [0.5, 0.6) is 0 Å². The van der Waals surface area contributed by atoms with Crippen LogP contribution in [0.4, 0.5) is 4.39 Å². The highest BCUT2D eigenvalue weighted by atomic mass is 79.9. The van der Waals surface area contributed by atoms with Crippen LogP contribution in [-0.2, 0) is 0 Å². The third-order valence-corrected chi connectivity index (χ3v) is 2.73. The van der Waals surface area contributed by atoms with Gasteiger partial charge in [0.25, 0.3) is 5.91 Å². The minimum absolute atomic E-state index is 0.0721. The molecule has 1 aromatic rings. The normalized spacial score (nSPS) is 10.3. The third kappa shape index (κ3) is 4.83. The minimum atomic E-state index is -0.502. The molecule has 0 unspecified atom stereocenters. The van der Waals surface area contributed by atoms with E-state index in [0.29, 0.717) is 11.0 Å². The summed E-state index contributed by atoms with van der Waals surface area (Å²) >= 11 is 3.21. The van der Waals surface area contributed by atoms with Crippen molar-refractivity contribution in [3.63, 3.8) is 0 Å². The van der Waals surface area contributed by atoms with Crippen molar-refractivity contribution in [2.45, 2.75) is 13.3 Å². The molecular weight excluding hydrogens is 287 g/mol. The average Bonchev–Trinajstić information content (AvgIpc) is 2.32. The van der Waals surface area contributed by atoms with Crippen LogP contribution < -0.4 is 10.6 Å². The number of amides is 1. The summed E-state index contributed by atoms with van der Waals surface area (Å²) in [4.78, 5) is 11.7. The highest BCUT2D eigenvalue weighted by Gasteiger charge is 2.11. The van der Waals surface area contributed by atoms with Crippen LogP contribution in [0.3, 0.4) is 0 Å². The lowest BCUT2D eigenvalue weighted by molar-refractivity contribution is 0.0949. The first-order chi connectivity index (χ1) is 8.15. The van der Waals surface area contributed by atoms with Gasteiger partial charge in [0.2, 0.25) is 0 Å². The summed E-state index contributed by atoms with van der Waals surface area (Å²) in [6.45, 7) is 4.32. The monoisotopic (exact) mass is 302 g/mol. The van der Waals surface area contributed by atoms with Crippen LogP contribution >= 0.6 is 15.9 Å². The Labute approximate surface area is 109 Å². The molecule has 2 N–H and O–H groups in total. The molecule has 0 fully saturated rings. The molecule has 0 saturated heterocycles. The summed E-state index contributed by atoms with van der Waals surface area (Å²) < 4.78 is 14.0. The van der Waals surface area contributed by atoms with E-state index in [9.17, 15) is 9.18 Å². The largest absolute Gasteiger partial charge is 0.352 e. The number of hydrogen-bond donors (Lipinski definition) is 2. The quantitative estimate of drug-likeness (QED) is 0.792. The van der Waals surface area contributed by atoms with Crippen molar-refractivity contribution in [3.8, 4) is 0 Å². The number of carbonyl (C=O) groups excluding carboxylic acids is 1. The summed E-state index contributed by atoms with van der Waals surface area (Å²) in [7, 11) is 0. The number of benzene rings is 1. The Kier molecular flexibility index (Phi) is 6.15. The predicted molar refractivity (Wildman–Crippen MR) is 69.6 cm³/mol. The molecule has 0 saturated carbocycles. The van der Waals surface area contributed by atoms with Crippen molar-refractivity contribution < 1.29 is 9.18 Å². The number of rotatable bonds is 6. The fourth-order valence-corrected chi connectivity index (χ4v) is 1.72. The second kappa shape index (κ2) is 7.40. The molecule has 0 bridgehead atoms. The summed E-state index contributed by atoms with van der Waals surface area (Å²) in [5.41, 5.74) is 0.0721. The Hall–Kier alpha value is -0.940. The average molecular weight is 303 g/mol. The van der Waals surface area contributed by atoms with Crippen LogP contribution in [-0.4, -0.2) is 25.5 Å². The van der Waals surface area contributed by atoms with E-state index in [4.69, 9.17) is 0 Å². The van der Waals surface area contributed by atoms with E-state index in [1.165, 1.54) is 12.1 Å². The van der Waals surface area contributed by atoms with Gasteiger partial charge in [0.1, 0.15) is 5.82 Å². The lowest BCUT2D eigenvalue weighted by Gasteiger charge is -2.06. The van der Waals surface area contributed by atoms with E-state index >= 15 is 0 Å². The van der Waals surface area contributed by atoms with E-state index in [0.717, 1.165) is 19.5 Å². The van der Waals surface area contributed by atoms with Gasteiger partial charge in [-0.3, -0.25) is 4.79 Å². The van der Waals surface area contributed by atoms with Crippen molar-refractivity contribution >= 4 is 21.8 Å². The highest BCUT2D eigenvalue weighted by Crippen LogP contribution is 2.15. The molecule has 0 spiro atoms. The Morgan fingerprint density at radius 2 is 2.18 bits per heavy atom. The summed E-state index contributed by atoms with van der Waals surface area (Å²) in [5.74, 6) is -0.877. The molecule has 0 radical (unpaired) electrons. The van der Waals surface area contributed by atoms with E-state index in [1.54, 1.807) is 6.07 Å². The molecule has 0 aliphatic rings. The summed E-state index contributed by atoms with van der Waals surface area (Å²) in [6.07, 6.45) is 0.829. The second-order valence-electron chi connectivity index (χ2n) is 3.59. The molecule has 1 rings (SSSR count). The molecule has 1 amide bonds. The van der Waals surface area contributed by atoms with E-state index in [2.05, 4.69) is 26.6 Å². The zero-order valence-corrected chi connectivity index (χ0v) is 11.3. The van der Waals surface area contributed by atoms with Gasteiger partial charge in [-0.05, 0) is 37.7 Å². The molecule has 3 nitrogen and oxygen atoms in total.